The minimum absolute atomic E-state index is 0.188. The van der Waals surface area contributed by atoms with E-state index in [4.69, 9.17) is 0 Å². The number of anilines is 1. The van der Waals surface area contributed by atoms with E-state index in [-0.39, 0.29) is 6.61 Å². The van der Waals surface area contributed by atoms with Crippen LogP contribution in [-0.4, -0.2) is 33.7 Å². The van der Waals surface area contributed by atoms with Crippen molar-refractivity contribution in [1.29, 1.82) is 0 Å². The lowest BCUT2D eigenvalue weighted by Crippen LogP contribution is -2.38. The van der Waals surface area contributed by atoms with Gasteiger partial charge in [-0.25, -0.2) is 4.98 Å². The molecular formula is C13H23N3OS. The summed E-state index contributed by atoms with van der Waals surface area (Å²) in [5.41, 5.74) is 0. The highest BCUT2D eigenvalue weighted by Crippen LogP contribution is 2.29. The summed E-state index contributed by atoms with van der Waals surface area (Å²) >= 11 is 1.47. The molecule has 5 heteroatoms. The van der Waals surface area contributed by atoms with Crippen LogP contribution >= 0.6 is 11.5 Å². The van der Waals surface area contributed by atoms with E-state index in [0.717, 1.165) is 11.0 Å². The van der Waals surface area contributed by atoms with Crippen molar-refractivity contribution < 1.29 is 5.11 Å². The van der Waals surface area contributed by atoms with Crippen LogP contribution in [0.3, 0.4) is 0 Å². The Morgan fingerprint density at radius 2 is 2.06 bits per heavy atom. The molecule has 0 radical (unpaired) electrons. The zero-order valence-corrected chi connectivity index (χ0v) is 12.1. The van der Waals surface area contributed by atoms with Crippen LogP contribution in [0.25, 0.3) is 0 Å². The van der Waals surface area contributed by atoms with Crippen LogP contribution in [0.4, 0.5) is 5.13 Å². The summed E-state index contributed by atoms with van der Waals surface area (Å²) < 4.78 is 4.42. The van der Waals surface area contributed by atoms with Gasteiger partial charge in [0.2, 0.25) is 5.13 Å². The van der Waals surface area contributed by atoms with Gasteiger partial charge in [-0.05, 0) is 12.8 Å². The highest BCUT2D eigenvalue weighted by molar-refractivity contribution is 7.09. The van der Waals surface area contributed by atoms with Gasteiger partial charge in [-0.15, -0.1) is 0 Å². The standard InChI is InChI=1S/C13H23N3OS/c1-10(2)12-14-13(18-15-12)16(8-9-17)11-6-4-3-5-7-11/h10-11,17H,3-9H2,1-2H3. The Morgan fingerprint density at radius 3 is 2.61 bits per heavy atom. The molecule has 102 valence electrons. The van der Waals surface area contributed by atoms with Gasteiger partial charge in [0.05, 0.1) is 6.61 Å². The third-order valence-electron chi connectivity index (χ3n) is 3.55. The van der Waals surface area contributed by atoms with E-state index in [2.05, 4.69) is 28.1 Å². The molecule has 1 aliphatic rings. The summed E-state index contributed by atoms with van der Waals surface area (Å²) in [6.07, 6.45) is 6.37. The second kappa shape index (κ2) is 6.48. The van der Waals surface area contributed by atoms with Crippen LogP contribution in [0.1, 0.15) is 57.7 Å². The zero-order chi connectivity index (χ0) is 13.0. The van der Waals surface area contributed by atoms with Gasteiger partial charge in [0.1, 0.15) is 5.82 Å². The van der Waals surface area contributed by atoms with Gasteiger partial charge in [0.15, 0.2) is 0 Å². The molecule has 4 nitrogen and oxygen atoms in total. The maximum absolute atomic E-state index is 9.26. The quantitative estimate of drug-likeness (QED) is 0.893. The van der Waals surface area contributed by atoms with Crippen molar-refractivity contribution >= 4 is 16.7 Å². The number of hydrogen-bond acceptors (Lipinski definition) is 5. The van der Waals surface area contributed by atoms with Crippen LogP contribution in [0.5, 0.6) is 0 Å². The van der Waals surface area contributed by atoms with Crippen molar-refractivity contribution in [3.8, 4) is 0 Å². The minimum atomic E-state index is 0.188. The first-order valence-corrected chi connectivity index (χ1v) is 7.71. The minimum Gasteiger partial charge on any atom is -0.395 e. The van der Waals surface area contributed by atoms with Gasteiger partial charge in [0, 0.05) is 30.0 Å². The predicted octanol–water partition coefficient (Wildman–Crippen LogP) is 2.79. The molecule has 1 saturated carbocycles. The molecule has 0 bridgehead atoms. The van der Waals surface area contributed by atoms with Crippen LogP contribution in [0.15, 0.2) is 0 Å². The summed E-state index contributed by atoms with van der Waals surface area (Å²) in [7, 11) is 0. The average molecular weight is 269 g/mol. The van der Waals surface area contributed by atoms with Gasteiger partial charge in [-0.1, -0.05) is 33.1 Å². The molecule has 0 spiro atoms. The van der Waals surface area contributed by atoms with E-state index in [9.17, 15) is 5.11 Å². The monoisotopic (exact) mass is 269 g/mol. The van der Waals surface area contributed by atoms with Crippen molar-refractivity contribution in [2.75, 3.05) is 18.1 Å². The fraction of sp³-hybridized carbons (Fsp3) is 0.846. The topological polar surface area (TPSA) is 49.2 Å². The van der Waals surface area contributed by atoms with E-state index in [1.54, 1.807) is 0 Å². The van der Waals surface area contributed by atoms with Gasteiger partial charge in [-0.3, -0.25) is 0 Å². The third kappa shape index (κ3) is 3.20. The highest BCUT2D eigenvalue weighted by atomic mass is 32.1. The number of rotatable bonds is 5. The Morgan fingerprint density at radius 1 is 1.33 bits per heavy atom. The third-order valence-corrected chi connectivity index (χ3v) is 4.32. The second-order valence-corrected chi connectivity index (χ2v) is 6.03. The van der Waals surface area contributed by atoms with Crippen LogP contribution in [0, 0.1) is 0 Å². The maximum atomic E-state index is 9.26. The van der Waals surface area contributed by atoms with Crippen molar-refractivity contribution in [3.05, 3.63) is 5.82 Å². The lowest BCUT2D eigenvalue weighted by atomic mass is 9.94. The SMILES string of the molecule is CC(C)c1nsc(N(CCO)C2CCCCC2)n1. The van der Waals surface area contributed by atoms with Gasteiger partial charge < -0.3 is 10.0 Å². The maximum Gasteiger partial charge on any atom is 0.205 e. The predicted molar refractivity (Wildman–Crippen MR) is 75.3 cm³/mol. The molecule has 1 fully saturated rings. The molecule has 2 rings (SSSR count). The molecule has 0 amide bonds. The molecule has 0 saturated heterocycles. The Bertz CT molecular complexity index is 361. The first-order valence-electron chi connectivity index (χ1n) is 6.93. The number of aliphatic hydroxyl groups is 1. The highest BCUT2D eigenvalue weighted by Gasteiger charge is 2.24. The molecule has 1 aliphatic carbocycles. The summed E-state index contributed by atoms with van der Waals surface area (Å²) in [5, 5.41) is 10.2. The summed E-state index contributed by atoms with van der Waals surface area (Å²) in [6.45, 7) is 5.09. The van der Waals surface area contributed by atoms with Gasteiger partial charge in [-0.2, -0.15) is 4.37 Å². The van der Waals surface area contributed by atoms with E-state index in [1.165, 1.54) is 43.6 Å². The lowest BCUT2D eigenvalue weighted by molar-refractivity contribution is 0.290. The van der Waals surface area contributed by atoms with E-state index in [1.807, 2.05) is 0 Å². The van der Waals surface area contributed by atoms with Gasteiger partial charge in [0.25, 0.3) is 0 Å². The molecule has 0 aliphatic heterocycles. The molecule has 0 aromatic carbocycles. The van der Waals surface area contributed by atoms with E-state index in [0.29, 0.717) is 18.5 Å². The van der Waals surface area contributed by atoms with E-state index < -0.39 is 0 Å². The Hall–Kier alpha value is -0.680. The van der Waals surface area contributed by atoms with Crippen LogP contribution in [-0.2, 0) is 0 Å². The summed E-state index contributed by atoms with van der Waals surface area (Å²) in [6, 6.07) is 0.541. The normalized spacial score (nSPS) is 17.3. The summed E-state index contributed by atoms with van der Waals surface area (Å²) in [5.74, 6) is 1.30. The molecule has 1 heterocycles. The molecule has 0 atom stereocenters. The van der Waals surface area contributed by atoms with Crippen LogP contribution < -0.4 is 4.90 Å². The Balaban J connectivity index is 2.11. The molecular weight excluding hydrogens is 246 g/mol. The fourth-order valence-corrected chi connectivity index (χ4v) is 3.42. The molecule has 1 aromatic rings. The van der Waals surface area contributed by atoms with Crippen molar-refractivity contribution in [1.82, 2.24) is 9.36 Å². The fourth-order valence-electron chi connectivity index (χ4n) is 2.51. The zero-order valence-electron chi connectivity index (χ0n) is 11.3. The smallest absolute Gasteiger partial charge is 0.205 e. The molecule has 1 N–H and O–H groups in total. The number of nitrogens with zero attached hydrogens (tertiary/aromatic N) is 3. The van der Waals surface area contributed by atoms with Crippen molar-refractivity contribution in [2.45, 2.75) is 57.9 Å². The Kier molecular flexibility index (Phi) is 4.95. The largest absolute Gasteiger partial charge is 0.395 e. The van der Waals surface area contributed by atoms with Crippen molar-refractivity contribution in [2.24, 2.45) is 0 Å². The number of aliphatic hydroxyl groups excluding tert-OH is 1. The average Bonchev–Trinajstić information content (AvgIpc) is 2.86. The second-order valence-electron chi connectivity index (χ2n) is 5.30. The van der Waals surface area contributed by atoms with Crippen LogP contribution in [0.2, 0.25) is 0 Å². The van der Waals surface area contributed by atoms with Gasteiger partial charge >= 0.3 is 0 Å². The lowest BCUT2D eigenvalue weighted by Gasteiger charge is -2.33. The molecule has 18 heavy (non-hydrogen) atoms. The number of aromatic nitrogens is 2. The first-order chi connectivity index (χ1) is 8.72. The number of hydrogen-bond donors (Lipinski definition) is 1. The summed E-state index contributed by atoms with van der Waals surface area (Å²) in [4.78, 5) is 6.89. The van der Waals surface area contributed by atoms with E-state index >= 15 is 0 Å². The molecule has 1 aromatic heterocycles. The van der Waals surface area contributed by atoms with Crippen molar-refractivity contribution in [3.63, 3.8) is 0 Å². The Labute approximate surface area is 113 Å². The molecule has 0 unspecified atom stereocenters. The first kappa shape index (κ1) is 13.7.